The van der Waals surface area contributed by atoms with Crippen LogP contribution in [0.4, 0.5) is 0 Å². The molecule has 0 fully saturated rings. The molecule has 0 saturated carbocycles. The van der Waals surface area contributed by atoms with Crippen molar-refractivity contribution in [1.29, 1.82) is 0 Å². The number of benzene rings is 1. The number of hydrogen-bond donors (Lipinski definition) is 1. The third-order valence-corrected chi connectivity index (χ3v) is 10.7. The minimum absolute atomic E-state index is 0.209. The highest BCUT2D eigenvalue weighted by atomic mass is 127. The van der Waals surface area contributed by atoms with Gasteiger partial charge in [-0.3, -0.25) is 4.90 Å². The van der Waals surface area contributed by atoms with Gasteiger partial charge in [-0.25, -0.2) is 0 Å². The Morgan fingerprint density at radius 2 is 1.88 bits per heavy atom. The first-order valence-corrected chi connectivity index (χ1v) is 12.6. The molecule has 1 aromatic rings. The van der Waals surface area contributed by atoms with Crippen molar-refractivity contribution in [2.75, 3.05) is 13.2 Å². The van der Waals surface area contributed by atoms with Crippen molar-refractivity contribution < 1.29 is 9.53 Å². The number of rotatable bonds is 5. The lowest BCUT2D eigenvalue weighted by molar-refractivity contribution is 0.0829. The van der Waals surface area contributed by atoms with Gasteiger partial charge in [0.2, 0.25) is 0 Å². The van der Waals surface area contributed by atoms with E-state index in [-0.39, 0.29) is 11.1 Å². The minimum Gasteiger partial charge on any atom is -0.415 e. The Morgan fingerprint density at radius 1 is 1.25 bits per heavy atom. The molecule has 1 heterocycles. The average molecular weight is 459 g/mol. The molecule has 1 aliphatic rings. The molecule has 0 amide bonds. The molecule has 0 bridgehead atoms. The summed E-state index contributed by atoms with van der Waals surface area (Å²) >= 11 is 2.36. The van der Waals surface area contributed by atoms with Crippen LogP contribution in [-0.2, 0) is 11.0 Å². The zero-order valence-corrected chi connectivity index (χ0v) is 18.6. The molecular formula is C19H30INO2Si. The summed E-state index contributed by atoms with van der Waals surface area (Å²) in [6.45, 7) is 13.6. The maximum Gasteiger partial charge on any atom is 0.192 e. The molecule has 1 aliphatic heterocycles. The fourth-order valence-corrected chi connectivity index (χ4v) is 4.57. The van der Waals surface area contributed by atoms with E-state index in [1.807, 2.05) is 12.1 Å². The van der Waals surface area contributed by atoms with E-state index < -0.39 is 14.4 Å². The average Bonchev–Trinajstić information content (AvgIpc) is 2.46. The summed E-state index contributed by atoms with van der Waals surface area (Å²) in [5.41, 5.74) is 1.27. The second-order valence-electron chi connectivity index (χ2n) is 8.12. The van der Waals surface area contributed by atoms with Gasteiger partial charge in [0.1, 0.15) is 0 Å². The Bertz CT molecular complexity index is 568. The van der Waals surface area contributed by atoms with E-state index in [0.29, 0.717) is 13.2 Å². The van der Waals surface area contributed by atoms with Gasteiger partial charge >= 0.3 is 0 Å². The molecule has 3 nitrogen and oxygen atoms in total. The predicted octanol–water partition coefficient (Wildman–Crippen LogP) is 4.57. The maximum atomic E-state index is 10.1. The summed E-state index contributed by atoms with van der Waals surface area (Å²) in [7, 11) is -1.78. The zero-order chi connectivity index (χ0) is 18.0. The van der Waals surface area contributed by atoms with Crippen LogP contribution in [0.1, 0.15) is 26.3 Å². The highest BCUT2D eigenvalue weighted by molar-refractivity contribution is 14.1. The number of β-amino-alcohol motifs (C(OH)–C–C–N with tert-alkyl or cyclic N) is 1. The van der Waals surface area contributed by atoms with E-state index >= 15 is 0 Å². The second kappa shape index (κ2) is 7.99. The molecule has 134 valence electrons. The fourth-order valence-electron chi connectivity index (χ4n) is 2.57. The normalized spacial score (nSPS) is 23.2. The van der Waals surface area contributed by atoms with Crippen LogP contribution in [-0.4, -0.2) is 43.6 Å². The van der Waals surface area contributed by atoms with Crippen LogP contribution >= 0.6 is 22.6 Å². The Balaban J connectivity index is 2.12. The number of aliphatic hydroxyl groups excluding tert-OH is 1. The van der Waals surface area contributed by atoms with Gasteiger partial charge in [0.05, 0.1) is 18.8 Å². The molecule has 0 spiro atoms. The van der Waals surface area contributed by atoms with E-state index in [0.717, 1.165) is 6.54 Å². The topological polar surface area (TPSA) is 32.7 Å². The summed E-state index contributed by atoms with van der Waals surface area (Å²) in [5.74, 6) is 0. The van der Waals surface area contributed by atoms with Crippen LogP contribution in [0.5, 0.6) is 0 Å². The third kappa shape index (κ3) is 5.14. The van der Waals surface area contributed by atoms with Gasteiger partial charge in [-0.15, -0.1) is 0 Å². The van der Waals surface area contributed by atoms with Crippen molar-refractivity contribution in [1.82, 2.24) is 4.90 Å². The molecule has 24 heavy (non-hydrogen) atoms. The van der Waals surface area contributed by atoms with E-state index in [9.17, 15) is 5.11 Å². The summed E-state index contributed by atoms with van der Waals surface area (Å²) in [4.78, 5) is 2.34. The summed E-state index contributed by atoms with van der Waals surface area (Å²) < 4.78 is 7.66. The van der Waals surface area contributed by atoms with Gasteiger partial charge in [0, 0.05) is 16.7 Å². The number of nitrogens with zero attached hydrogens (tertiary/aromatic N) is 1. The summed E-state index contributed by atoms with van der Waals surface area (Å²) in [6.07, 6.45) is 1.58. The number of aliphatic hydroxyl groups is 1. The van der Waals surface area contributed by atoms with Gasteiger partial charge in [-0.05, 0) is 52.4 Å². The molecule has 1 N–H and O–H groups in total. The van der Waals surface area contributed by atoms with Gasteiger partial charge in [-0.2, -0.15) is 0 Å². The Labute approximate surface area is 161 Å². The molecule has 0 radical (unpaired) electrons. The molecule has 0 aromatic heterocycles. The lowest BCUT2D eigenvalue weighted by atomic mass is 10.1. The predicted molar refractivity (Wildman–Crippen MR) is 112 cm³/mol. The van der Waals surface area contributed by atoms with E-state index in [1.165, 1.54) is 9.14 Å². The standard InChI is InChI=1S/C19H30INO2Si/c1-19(2,3)24(4,5)23-14-18-17(20)11-16(22)13-21(18)12-15-9-7-6-8-10-15/h6-11,16,18,22H,12-14H2,1-5H3/t16?,18-/m1/s1. The van der Waals surface area contributed by atoms with Crippen LogP contribution in [0.15, 0.2) is 40.0 Å². The van der Waals surface area contributed by atoms with E-state index in [4.69, 9.17) is 4.43 Å². The molecule has 2 atom stereocenters. The monoisotopic (exact) mass is 459 g/mol. The van der Waals surface area contributed by atoms with Crippen LogP contribution in [0, 0.1) is 0 Å². The van der Waals surface area contributed by atoms with E-state index in [2.05, 4.69) is 85.6 Å². The molecule has 5 heteroatoms. The van der Waals surface area contributed by atoms with Crippen molar-refractivity contribution >= 4 is 30.9 Å². The highest BCUT2D eigenvalue weighted by Crippen LogP contribution is 2.37. The molecule has 1 aromatic carbocycles. The minimum atomic E-state index is -1.78. The largest absolute Gasteiger partial charge is 0.415 e. The van der Waals surface area contributed by atoms with Crippen LogP contribution in [0.2, 0.25) is 18.1 Å². The lowest BCUT2D eigenvalue weighted by Crippen LogP contribution is -2.49. The van der Waals surface area contributed by atoms with Crippen molar-refractivity contribution in [2.24, 2.45) is 0 Å². The zero-order valence-electron chi connectivity index (χ0n) is 15.4. The number of hydrogen-bond acceptors (Lipinski definition) is 3. The van der Waals surface area contributed by atoms with Crippen LogP contribution in [0.25, 0.3) is 0 Å². The maximum absolute atomic E-state index is 10.1. The Morgan fingerprint density at radius 3 is 2.46 bits per heavy atom. The first kappa shape index (κ1) is 20.1. The smallest absolute Gasteiger partial charge is 0.192 e. The third-order valence-electron chi connectivity index (χ3n) is 5.17. The van der Waals surface area contributed by atoms with Crippen molar-refractivity contribution in [3.63, 3.8) is 0 Å². The molecule has 1 unspecified atom stereocenters. The van der Waals surface area contributed by atoms with E-state index in [1.54, 1.807) is 0 Å². The Hall–Kier alpha value is -0.213. The molecule has 2 rings (SSSR count). The van der Waals surface area contributed by atoms with Crippen LogP contribution in [0.3, 0.4) is 0 Å². The fraction of sp³-hybridized carbons (Fsp3) is 0.579. The van der Waals surface area contributed by atoms with Crippen molar-refractivity contribution in [3.8, 4) is 0 Å². The van der Waals surface area contributed by atoms with Gasteiger partial charge in [-0.1, -0.05) is 51.1 Å². The van der Waals surface area contributed by atoms with Gasteiger partial charge in [0.25, 0.3) is 0 Å². The summed E-state index contributed by atoms with van der Waals surface area (Å²) in [5, 5.41) is 10.4. The second-order valence-corrected chi connectivity index (χ2v) is 14.2. The highest BCUT2D eigenvalue weighted by Gasteiger charge is 2.39. The SMILES string of the molecule is CC(C)(C)[Si](C)(C)OC[C@@H]1C(I)=CC(O)CN1Cc1ccccc1. The Kier molecular flexibility index (Phi) is 6.69. The molecule has 0 saturated heterocycles. The molecular weight excluding hydrogens is 429 g/mol. The number of halogens is 1. The van der Waals surface area contributed by atoms with Crippen LogP contribution < -0.4 is 0 Å². The lowest BCUT2D eigenvalue weighted by Gasteiger charge is -2.41. The van der Waals surface area contributed by atoms with Crippen molar-refractivity contribution in [2.45, 2.75) is 57.6 Å². The molecule has 0 aliphatic carbocycles. The van der Waals surface area contributed by atoms with Crippen molar-refractivity contribution in [3.05, 3.63) is 45.6 Å². The van der Waals surface area contributed by atoms with Gasteiger partial charge in [0.15, 0.2) is 8.32 Å². The summed E-state index contributed by atoms with van der Waals surface area (Å²) in [6, 6.07) is 10.7. The van der Waals surface area contributed by atoms with Gasteiger partial charge < -0.3 is 9.53 Å². The quantitative estimate of drug-likeness (QED) is 0.517. The first-order valence-electron chi connectivity index (χ1n) is 8.57. The first-order chi connectivity index (χ1) is 11.1.